The summed E-state index contributed by atoms with van der Waals surface area (Å²) < 4.78 is 5.14. The number of hydrogen-bond acceptors (Lipinski definition) is 3. The highest BCUT2D eigenvalue weighted by atomic mass is 35.5. The molecule has 1 fully saturated rings. The van der Waals surface area contributed by atoms with Crippen molar-refractivity contribution in [3.8, 4) is 0 Å². The zero-order valence-corrected chi connectivity index (χ0v) is 13.7. The second kappa shape index (κ2) is 6.69. The average Bonchev–Trinajstić information content (AvgIpc) is 2.49. The molecule has 0 radical (unpaired) electrons. The minimum absolute atomic E-state index is 0.157. The summed E-state index contributed by atoms with van der Waals surface area (Å²) in [5.41, 5.74) is 0.284. The van der Waals surface area contributed by atoms with Crippen LogP contribution in [-0.4, -0.2) is 18.6 Å². The van der Waals surface area contributed by atoms with Crippen molar-refractivity contribution in [2.45, 2.75) is 45.1 Å². The largest absolute Gasteiger partial charge is 0.467 e. The van der Waals surface area contributed by atoms with E-state index in [4.69, 9.17) is 16.3 Å². The highest BCUT2D eigenvalue weighted by molar-refractivity contribution is 6.30. The molecule has 2 rings (SSSR count). The Kier molecular flexibility index (Phi) is 5.15. The van der Waals surface area contributed by atoms with Crippen LogP contribution in [-0.2, 0) is 9.53 Å². The molecule has 0 amide bonds. The van der Waals surface area contributed by atoms with Crippen LogP contribution in [0.5, 0.6) is 0 Å². The molecule has 1 aliphatic carbocycles. The van der Waals surface area contributed by atoms with Crippen molar-refractivity contribution in [2.24, 2.45) is 11.8 Å². The fraction of sp³-hybridized carbons (Fsp3) is 0.588. The van der Waals surface area contributed by atoms with Crippen LogP contribution in [0.2, 0.25) is 5.02 Å². The van der Waals surface area contributed by atoms with Crippen LogP contribution in [0.1, 0.15) is 39.5 Å². The van der Waals surface area contributed by atoms with E-state index < -0.39 is 5.54 Å². The van der Waals surface area contributed by atoms with Gasteiger partial charge in [-0.15, -0.1) is 0 Å². The third-order valence-electron chi connectivity index (χ3n) is 4.54. The number of halogens is 1. The minimum atomic E-state index is -0.630. The topological polar surface area (TPSA) is 38.3 Å². The van der Waals surface area contributed by atoms with Gasteiger partial charge in [-0.2, -0.15) is 0 Å². The molecule has 1 aromatic rings. The van der Waals surface area contributed by atoms with Gasteiger partial charge in [-0.1, -0.05) is 38.3 Å². The van der Waals surface area contributed by atoms with Crippen molar-refractivity contribution < 1.29 is 9.53 Å². The quantitative estimate of drug-likeness (QED) is 0.832. The van der Waals surface area contributed by atoms with E-state index in [0.717, 1.165) is 24.9 Å². The third kappa shape index (κ3) is 3.34. The SMILES string of the molecule is COC(=O)C1(Nc2ccc(Cl)cc2)CCCCC1C(C)C. The molecule has 1 aliphatic rings. The molecule has 116 valence electrons. The van der Waals surface area contributed by atoms with E-state index >= 15 is 0 Å². The first-order valence-electron chi connectivity index (χ1n) is 7.62. The molecule has 4 heteroatoms. The molecule has 0 bridgehead atoms. The number of esters is 1. The zero-order chi connectivity index (χ0) is 15.5. The van der Waals surface area contributed by atoms with Crippen molar-refractivity contribution in [3.05, 3.63) is 29.3 Å². The monoisotopic (exact) mass is 309 g/mol. The maximum absolute atomic E-state index is 12.6. The highest BCUT2D eigenvalue weighted by Crippen LogP contribution is 2.41. The van der Waals surface area contributed by atoms with Gasteiger partial charge in [0.25, 0.3) is 0 Å². The first-order chi connectivity index (χ1) is 9.99. The summed E-state index contributed by atoms with van der Waals surface area (Å²) in [5, 5.41) is 4.16. The number of rotatable bonds is 4. The molecule has 2 unspecified atom stereocenters. The Morgan fingerprint density at radius 3 is 2.57 bits per heavy atom. The van der Waals surface area contributed by atoms with Crippen molar-refractivity contribution in [1.82, 2.24) is 0 Å². The van der Waals surface area contributed by atoms with Crippen LogP contribution >= 0.6 is 11.6 Å². The van der Waals surface area contributed by atoms with E-state index in [-0.39, 0.29) is 11.9 Å². The van der Waals surface area contributed by atoms with Gasteiger partial charge in [0.1, 0.15) is 5.54 Å². The maximum Gasteiger partial charge on any atom is 0.331 e. The lowest BCUT2D eigenvalue weighted by atomic mass is 9.67. The van der Waals surface area contributed by atoms with Crippen LogP contribution in [0, 0.1) is 11.8 Å². The van der Waals surface area contributed by atoms with Crippen LogP contribution in [0.4, 0.5) is 5.69 Å². The second-order valence-electron chi connectivity index (χ2n) is 6.19. The fourth-order valence-corrected chi connectivity index (χ4v) is 3.66. The molecule has 1 N–H and O–H groups in total. The number of carbonyl (C=O) groups is 1. The van der Waals surface area contributed by atoms with Gasteiger partial charge >= 0.3 is 5.97 Å². The number of methoxy groups -OCH3 is 1. The number of carbonyl (C=O) groups excluding carboxylic acids is 1. The summed E-state index contributed by atoms with van der Waals surface area (Å²) in [7, 11) is 1.47. The van der Waals surface area contributed by atoms with Crippen molar-refractivity contribution in [1.29, 1.82) is 0 Å². The van der Waals surface area contributed by atoms with Crippen molar-refractivity contribution in [2.75, 3.05) is 12.4 Å². The van der Waals surface area contributed by atoms with Gasteiger partial charge in [0.15, 0.2) is 0 Å². The van der Waals surface area contributed by atoms with Gasteiger partial charge in [-0.25, -0.2) is 4.79 Å². The Labute approximate surface area is 132 Å². The lowest BCUT2D eigenvalue weighted by Gasteiger charge is -2.45. The van der Waals surface area contributed by atoms with Gasteiger partial charge in [0.05, 0.1) is 7.11 Å². The summed E-state index contributed by atoms with van der Waals surface area (Å²) in [6, 6.07) is 7.50. The average molecular weight is 310 g/mol. The van der Waals surface area contributed by atoms with Crippen LogP contribution < -0.4 is 5.32 Å². The van der Waals surface area contributed by atoms with E-state index in [1.807, 2.05) is 24.3 Å². The fourth-order valence-electron chi connectivity index (χ4n) is 3.53. The summed E-state index contributed by atoms with van der Waals surface area (Å²) in [6.07, 6.45) is 4.07. The highest BCUT2D eigenvalue weighted by Gasteiger charge is 2.49. The summed E-state index contributed by atoms with van der Waals surface area (Å²) in [4.78, 5) is 12.6. The van der Waals surface area contributed by atoms with E-state index in [2.05, 4.69) is 19.2 Å². The number of ether oxygens (including phenoxy) is 1. The molecular weight excluding hydrogens is 286 g/mol. The maximum atomic E-state index is 12.6. The Bertz CT molecular complexity index is 486. The normalized spacial score (nSPS) is 25.7. The summed E-state index contributed by atoms with van der Waals surface area (Å²) >= 11 is 5.94. The molecular formula is C17H24ClNO2. The van der Waals surface area contributed by atoms with Crippen LogP contribution in [0.15, 0.2) is 24.3 Å². The Morgan fingerprint density at radius 2 is 2.00 bits per heavy atom. The number of anilines is 1. The first kappa shape index (κ1) is 16.2. The van der Waals surface area contributed by atoms with Gasteiger partial charge < -0.3 is 10.1 Å². The van der Waals surface area contributed by atoms with E-state index in [1.54, 1.807) is 0 Å². The Morgan fingerprint density at radius 1 is 1.33 bits per heavy atom. The lowest BCUT2D eigenvalue weighted by Crippen LogP contribution is -2.56. The number of hydrogen-bond donors (Lipinski definition) is 1. The van der Waals surface area contributed by atoms with Crippen molar-refractivity contribution in [3.63, 3.8) is 0 Å². The minimum Gasteiger partial charge on any atom is -0.467 e. The van der Waals surface area contributed by atoms with E-state index in [1.165, 1.54) is 13.5 Å². The van der Waals surface area contributed by atoms with E-state index in [9.17, 15) is 4.79 Å². The van der Waals surface area contributed by atoms with Gasteiger partial charge in [-0.3, -0.25) is 0 Å². The molecule has 0 aromatic heterocycles. The Hall–Kier alpha value is -1.22. The van der Waals surface area contributed by atoms with Gasteiger partial charge in [0.2, 0.25) is 0 Å². The zero-order valence-electron chi connectivity index (χ0n) is 13.0. The predicted octanol–water partition coefficient (Wildman–Crippen LogP) is 4.51. The molecule has 1 aromatic carbocycles. The smallest absolute Gasteiger partial charge is 0.331 e. The molecule has 0 spiro atoms. The van der Waals surface area contributed by atoms with Crippen LogP contribution in [0.25, 0.3) is 0 Å². The number of benzene rings is 1. The lowest BCUT2D eigenvalue weighted by molar-refractivity contribution is -0.150. The predicted molar refractivity (Wildman–Crippen MR) is 86.6 cm³/mol. The van der Waals surface area contributed by atoms with Crippen molar-refractivity contribution >= 4 is 23.3 Å². The third-order valence-corrected chi connectivity index (χ3v) is 4.79. The second-order valence-corrected chi connectivity index (χ2v) is 6.63. The van der Waals surface area contributed by atoms with Gasteiger partial charge in [0, 0.05) is 10.7 Å². The molecule has 21 heavy (non-hydrogen) atoms. The first-order valence-corrected chi connectivity index (χ1v) is 7.99. The standard InChI is InChI=1S/C17H24ClNO2/c1-12(2)15-6-4-5-11-17(15,16(20)21-3)19-14-9-7-13(18)8-10-14/h7-10,12,15,19H,4-6,11H2,1-3H3. The Balaban J connectivity index is 2.35. The molecule has 3 nitrogen and oxygen atoms in total. The molecule has 0 saturated heterocycles. The molecule has 0 heterocycles. The summed E-state index contributed by atoms with van der Waals surface area (Å²) in [6.45, 7) is 4.36. The van der Waals surface area contributed by atoms with Crippen LogP contribution in [0.3, 0.4) is 0 Å². The van der Waals surface area contributed by atoms with Gasteiger partial charge in [-0.05, 0) is 48.9 Å². The molecule has 0 aliphatic heterocycles. The molecule has 2 atom stereocenters. The number of nitrogens with one attached hydrogen (secondary N) is 1. The van der Waals surface area contributed by atoms with E-state index in [0.29, 0.717) is 10.9 Å². The summed E-state index contributed by atoms with van der Waals surface area (Å²) in [5.74, 6) is 0.537. The molecule has 1 saturated carbocycles.